The SMILES string of the molecule is O.O.O=S(=O)=C1C=CC(P(c2ccccc2)c2ccccc2)=CC1. The van der Waals surface area contributed by atoms with E-state index in [1.807, 2.05) is 48.6 Å². The molecule has 1 aliphatic rings. The molecule has 0 aromatic heterocycles. The molecule has 0 saturated heterocycles. The van der Waals surface area contributed by atoms with Gasteiger partial charge in [0.15, 0.2) is 0 Å². The van der Waals surface area contributed by atoms with Crippen LogP contribution in [0.5, 0.6) is 0 Å². The maximum Gasteiger partial charge on any atom is 0.217 e. The zero-order valence-corrected chi connectivity index (χ0v) is 14.6. The molecule has 0 fully saturated rings. The summed E-state index contributed by atoms with van der Waals surface area (Å²) in [6.07, 6.45) is 6.18. The number of allylic oxidation sites excluding steroid dienone is 4. The maximum absolute atomic E-state index is 11.1. The second-order valence-electron chi connectivity index (χ2n) is 4.87. The lowest BCUT2D eigenvalue weighted by atomic mass is 10.2. The van der Waals surface area contributed by atoms with E-state index >= 15 is 0 Å². The van der Waals surface area contributed by atoms with Gasteiger partial charge in [0.05, 0.1) is 4.86 Å². The van der Waals surface area contributed by atoms with Crippen LogP contribution in [0, 0.1) is 0 Å². The highest BCUT2D eigenvalue weighted by Gasteiger charge is 2.18. The average molecular weight is 362 g/mol. The standard InChI is InChI=1S/C18H15O2PS.2H2O/c19-22(20)18-13-11-17(12-14-18)21(15-7-3-1-4-8-15)16-9-5-2-6-10-16;;/h1-13H,14H2;2*1H2. The van der Waals surface area contributed by atoms with Gasteiger partial charge >= 0.3 is 0 Å². The fraction of sp³-hybridized carbons (Fsp3) is 0.0556. The van der Waals surface area contributed by atoms with Gasteiger partial charge in [0.25, 0.3) is 0 Å². The first kappa shape index (κ1) is 20.0. The third-order valence-corrected chi connectivity index (χ3v) is 6.66. The predicted octanol–water partition coefficient (Wildman–Crippen LogP) is 1.37. The van der Waals surface area contributed by atoms with Gasteiger partial charge in [-0.3, -0.25) is 0 Å². The van der Waals surface area contributed by atoms with Gasteiger partial charge in [-0.15, -0.1) is 0 Å². The summed E-state index contributed by atoms with van der Waals surface area (Å²) < 4.78 is 22.1. The van der Waals surface area contributed by atoms with E-state index in [0.717, 1.165) is 0 Å². The number of hydrogen-bond donors (Lipinski definition) is 0. The molecule has 6 heteroatoms. The molecule has 3 rings (SSSR count). The van der Waals surface area contributed by atoms with E-state index in [-0.39, 0.29) is 11.0 Å². The van der Waals surface area contributed by atoms with E-state index in [9.17, 15) is 8.42 Å². The predicted molar refractivity (Wildman–Crippen MR) is 102 cm³/mol. The Labute approximate surface area is 144 Å². The Morgan fingerprint density at radius 3 is 1.62 bits per heavy atom. The molecular weight excluding hydrogens is 343 g/mol. The first-order valence-corrected chi connectivity index (χ1v) is 9.41. The molecule has 2 aromatic rings. The highest BCUT2D eigenvalue weighted by atomic mass is 32.2. The van der Waals surface area contributed by atoms with Crippen molar-refractivity contribution in [2.75, 3.05) is 0 Å². The summed E-state index contributed by atoms with van der Waals surface area (Å²) in [5, 5.41) is 3.74. The molecule has 0 saturated carbocycles. The molecule has 0 aliphatic heterocycles. The lowest BCUT2D eigenvalue weighted by Crippen LogP contribution is -2.13. The first-order valence-electron chi connectivity index (χ1n) is 6.99. The van der Waals surface area contributed by atoms with Crippen LogP contribution in [-0.4, -0.2) is 24.2 Å². The number of hydrogen-bond acceptors (Lipinski definition) is 2. The number of rotatable bonds is 3. The van der Waals surface area contributed by atoms with Crippen LogP contribution in [-0.2, 0) is 10.3 Å². The van der Waals surface area contributed by atoms with Gasteiger partial charge in [0.2, 0.25) is 10.3 Å². The van der Waals surface area contributed by atoms with Gasteiger partial charge in [-0.2, -0.15) is 8.42 Å². The molecule has 2 aromatic carbocycles. The Bertz CT molecular complexity index is 809. The van der Waals surface area contributed by atoms with E-state index in [1.54, 1.807) is 6.08 Å². The number of benzene rings is 2. The summed E-state index contributed by atoms with van der Waals surface area (Å²) in [5.74, 6) is 0. The van der Waals surface area contributed by atoms with Crippen LogP contribution >= 0.6 is 7.92 Å². The van der Waals surface area contributed by atoms with Crippen molar-refractivity contribution < 1.29 is 19.4 Å². The van der Waals surface area contributed by atoms with E-state index in [1.165, 1.54) is 15.9 Å². The van der Waals surface area contributed by atoms with Gasteiger partial charge in [-0.05, 0) is 29.9 Å². The fourth-order valence-electron chi connectivity index (χ4n) is 2.41. The van der Waals surface area contributed by atoms with Crippen molar-refractivity contribution in [3.63, 3.8) is 0 Å². The Morgan fingerprint density at radius 1 is 0.750 bits per heavy atom. The molecule has 0 amide bonds. The fourth-order valence-corrected chi connectivity index (χ4v) is 5.14. The van der Waals surface area contributed by atoms with Crippen molar-refractivity contribution in [1.29, 1.82) is 0 Å². The van der Waals surface area contributed by atoms with Crippen molar-refractivity contribution in [2.24, 2.45) is 0 Å². The van der Waals surface area contributed by atoms with E-state index in [0.29, 0.717) is 11.3 Å². The summed E-state index contributed by atoms with van der Waals surface area (Å²) in [6, 6.07) is 20.8. The second kappa shape index (κ2) is 9.30. The van der Waals surface area contributed by atoms with Crippen molar-refractivity contribution in [2.45, 2.75) is 6.42 Å². The van der Waals surface area contributed by atoms with Crippen LogP contribution in [0.4, 0.5) is 0 Å². The van der Waals surface area contributed by atoms with Crippen molar-refractivity contribution in [3.05, 3.63) is 84.2 Å². The summed E-state index contributed by atoms with van der Waals surface area (Å²) in [5.41, 5.74) is 0. The Hall–Kier alpha value is -2.04. The zero-order chi connectivity index (χ0) is 15.4. The molecule has 0 bridgehead atoms. The zero-order valence-electron chi connectivity index (χ0n) is 12.9. The minimum Gasteiger partial charge on any atom is -0.412 e. The molecule has 126 valence electrons. The Morgan fingerprint density at radius 2 is 1.25 bits per heavy atom. The molecule has 0 unspecified atom stereocenters. The molecule has 0 atom stereocenters. The van der Waals surface area contributed by atoms with E-state index in [2.05, 4.69) is 24.3 Å². The normalized spacial score (nSPS) is 12.9. The molecule has 0 heterocycles. The minimum absolute atomic E-state index is 0. The maximum atomic E-state index is 11.1. The van der Waals surface area contributed by atoms with E-state index < -0.39 is 18.2 Å². The average Bonchev–Trinajstić information content (AvgIpc) is 2.57. The van der Waals surface area contributed by atoms with Crippen LogP contribution < -0.4 is 10.6 Å². The molecule has 0 spiro atoms. The summed E-state index contributed by atoms with van der Waals surface area (Å²) in [7, 11) is -2.77. The van der Waals surface area contributed by atoms with Crippen LogP contribution in [0.15, 0.2) is 84.2 Å². The second-order valence-corrected chi connectivity index (χ2v) is 8.09. The molecule has 4 nitrogen and oxygen atoms in total. The third-order valence-electron chi connectivity index (χ3n) is 3.45. The Kier molecular flexibility index (Phi) is 7.75. The molecular formula is C18H19O4PS. The molecule has 0 radical (unpaired) electrons. The summed E-state index contributed by atoms with van der Waals surface area (Å²) in [6.45, 7) is 0. The molecule has 24 heavy (non-hydrogen) atoms. The van der Waals surface area contributed by atoms with Gasteiger partial charge in [-0.1, -0.05) is 72.8 Å². The van der Waals surface area contributed by atoms with Gasteiger partial charge in [0, 0.05) is 6.42 Å². The topological polar surface area (TPSA) is 97.1 Å². The van der Waals surface area contributed by atoms with Gasteiger partial charge < -0.3 is 11.0 Å². The quantitative estimate of drug-likeness (QED) is 0.609. The largest absolute Gasteiger partial charge is 0.412 e. The van der Waals surface area contributed by atoms with Gasteiger partial charge in [-0.25, -0.2) is 0 Å². The van der Waals surface area contributed by atoms with Crippen LogP contribution in [0.25, 0.3) is 0 Å². The van der Waals surface area contributed by atoms with Gasteiger partial charge in [0.1, 0.15) is 0 Å². The van der Waals surface area contributed by atoms with Crippen molar-refractivity contribution in [3.8, 4) is 0 Å². The van der Waals surface area contributed by atoms with Crippen molar-refractivity contribution >= 4 is 33.7 Å². The smallest absolute Gasteiger partial charge is 0.217 e. The van der Waals surface area contributed by atoms with E-state index in [4.69, 9.17) is 0 Å². The molecule has 1 aliphatic carbocycles. The monoisotopic (exact) mass is 362 g/mol. The lowest BCUT2D eigenvalue weighted by molar-refractivity contribution is 0.627. The van der Waals surface area contributed by atoms with Crippen LogP contribution in [0.1, 0.15) is 6.42 Å². The molecule has 4 N–H and O–H groups in total. The van der Waals surface area contributed by atoms with Crippen LogP contribution in [0.2, 0.25) is 0 Å². The Balaban J connectivity index is 0.00000144. The summed E-state index contributed by atoms with van der Waals surface area (Å²) in [4.78, 5) is 0.444. The summed E-state index contributed by atoms with van der Waals surface area (Å²) >= 11 is 0. The minimum atomic E-state index is -2.13. The first-order chi connectivity index (χ1) is 10.8. The lowest BCUT2D eigenvalue weighted by Gasteiger charge is -2.21. The van der Waals surface area contributed by atoms with Crippen molar-refractivity contribution in [1.82, 2.24) is 0 Å². The highest BCUT2D eigenvalue weighted by Crippen LogP contribution is 2.44. The third kappa shape index (κ3) is 4.49. The van der Waals surface area contributed by atoms with Crippen LogP contribution in [0.3, 0.4) is 0 Å². The highest BCUT2D eigenvalue weighted by molar-refractivity contribution is 7.77.